The van der Waals surface area contributed by atoms with Crippen LogP contribution in [0.1, 0.15) is 34.5 Å². The van der Waals surface area contributed by atoms with Crippen molar-refractivity contribution < 1.29 is 4.79 Å². The van der Waals surface area contributed by atoms with Crippen molar-refractivity contribution in [2.24, 2.45) is 4.99 Å². The number of hydrogen-bond acceptors (Lipinski definition) is 3. The smallest absolute Gasteiger partial charge is 0.253 e. The number of nitrogens with zero attached hydrogens (tertiary/aromatic N) is 3. The van der Waals surface area contributed by atoms with Crippen molar-refractivity contribution in [2.45, 2.75) is 19.4 Å². The number of amides is 1. The van der Waals surface area contributed by atoms with Gasteiger partial charge in [-0.3, -0.25) is 9.79 Å². The van der Waals surface area contributed by atoms with Gasteiger partial charge in [-0.15, -0.1) is 24.0 Å². The first kappa shape index (κ1) is 28.2. The monoisotopic (exact) mass is 571 g/mol. The molecule has 176 valence electrons. The SMILES string of the molecule is CCNC(=NCC(c1ccc(Cl)cc1)N(C)C)NCCc1cccc(C(=O)N(C)C)c1.I. The van der Waals surface area contributed by atoms with E-state index in [9.17, 15) is 4.79 Å². The van der Waals surface area contributed by atoms with E-state index >= 15 is 0 Å². The molecule has 0 spiro atoms. The summed E-state index contributed by atoms with van der Waals surface area (Å²) in [6.45, 7) is 4.18. The Morgan fingerprint density at radius 2 is 1.75 bits per heavy atom. The molecule has 0 fully saturated rings. The summed E-state index contributed by atoms with van der Waals surface area (Å²) in [6, 6.07) is 15.8. The molecule has 0 aliphatic carbocycles. The lowest BCUT2D eigenvalue weighted by Crippen LogP contribution is -2.39. The van der Waals surface area contributed by atoms with Crippen molar-refractivity contribution in [2.75, 3.05) is 47.8 Å². The Hall–Kier alpha value is -1.84. The fourth-order valence-electron chi connectivity index (χ4n) is 3.21. The normalized spacial score (nSPS) is 12.2. The van der Waals surface area contributed by atoms with Crippen LogP contribution in [0.3, 0.4) is 0 Å². The molecule has 2 rings (SSSR count). The molecule has 0 heterocycles. The Bertz CT molecular complexity index is 871. The van der Waals surface area contributed by atoms with Gasteiger partial charge in [0.2, 0.25) is 0 Å². The Morgan fingerprint density at radius 3 is 2.34 bits per heavy atom. The minimum atomic E-state index is 0. The molecule has 0 aliphatic rings. The molecule has 0 bridgehead atoms. The van der Waals surface area contributed by atoms with Crippen LogP contribution in [0.25, 0.3) is 0 Å². The van der Waals surface area contributed by atoms with E-state index in [2.05, 4.69) is 36.6 Å². The summed E-state index contributed by atoms with van der Waals surface area (Å²) in [5.41, 5.74) is 3.00. The van der Waals surface area contributed by atoms with Gasteiger partial charge in [-0.05, 0) is 62.8 Å². The van der Waals surface area contributed by atoms with E-state index in [0.717, 1.165) is 36.1 Å². The highest BCUT2D eigenvalue weighted by Crippen LogP contribution is 2.20. The molecule has 1 unspecified atom stereocenters. The zero-order chi connectivity index (χ0) is 22.8. The lowest BCUT2D eigenvalue weighted by Gasteiger charge is -2.24. The number of carbonyl (C=O) groups is 1. The van der Waals surface area contributed by atoms with Crippen molar-refractivity contribution >= 4 is 47.4 Å². The van der Waals surface area contributed by atoms with Gasteiger partial charge in [-0.1, -0.05) is 35.9 Å². The molecular weight excluding hydrogens is 537 g/mol. The second kappa shape index (κ2) is 14.3. The second-order valence-corrected chi connectivity index (χ2v) is 8.26. The summed E-state index contributed by atoms with van der Waals surface area (Å²) < 4.78 is 0. The van der Waals surface area contributed by atoms with Crippen molar-refractivity contribution in [3.63, 3.8) is 0 Å². The molecule has 2 N–H and O–H groups in total. The van der Waals surface area contributed by atoms with Gasteiger partial charge in [0.25, 0.3) is 5.91 Å². The van der Waals surface area contributed by atoms with Gasteiger partial charge >= 0.3 is 0 Å². The molecule has 1 amide bonds. The van der Waals surface area contributed by atoms with Crippen LogP contribution in [-0.2, 0) is 6.42 Å². The summed E-state index contributed by atoms with van der Waals surface area (Å²) in [6.07, 6.45) is 0.799. The first-order valence-electron chi connectivity index (χ1n) is 10.6. The highest BCUT2D eigenvalue weighted by molar-refractivity contribution is 14.0. The van der Waals surface area contributed by atoms with Crippen LogP contribution in [0.2, 0.25) is 5.02 Å². The fraction of sp³-hybridized carbons (Fsp3) is 0.417. The average Bonchev–Trinajstić information content (AvgIpc) is 2.74. The van der Waals surface area contributed by atoms with E-state index in [-0.39, 0.29) is 35.9 Å². The number of benzene rings is 2. The zero-order valence-electron chi connectivity index (χ0n) is 19.6. The molecule has 6 nitrogen and oxygen atoms in total. The van der Waals surface area contributed by atoms with Crippen LogP contribution in [0.5, 0.6) is 0 Å². The van der Waals surface area contributed by atoms with Crippen LogP contribution < -0.4 is 10.6 Å². The lowest BCUT2D eigenvalue weighted by atomic mass is 10.1. The Kier molecular flexibility index (Phi) is 12.6. The summed E-state index contributed by atoms with van der Waals surface area (Å²) in [5.74, 6) is 0.797. The molecule has 0 aromatic heterocycles. The minimum Gasteiger partial charge on any atom is -0.357 e. The molecule has 2 aromatic carbocycles. The average molecular weight is 572 g/mol. The van der Waals surface area contributed by atoms with Gasteiger partial charge in [-0.25, -0.2) is 0 Å². The Morgan fingerprint density at radius 1 is 1.06 bits per heavy atom. The Balaban J connectivity index is 0.00000512. The third-order valence-corrected chi connectivity index (χ3v) is 5.18. The first-order valence-corrected chi connectivity index (χ1v) is 10.9. The molecule has 0 aliphatic heterocycles. The summed E-state index contributed by atoms with van der Waals surface area (Å²) in [7, 11) is 7.63. The van der Waals surface area contributed by atoms with E-state index in [1.165, 1.54) is 5.56 Å². The number of halogens is 2. The van der Waals surface area contributed by atoms with Crippen LogP contribution in [-0.4, -0.2) is 69.5 Å². The van der Waals surface area contributed by atoms with Gasteiger partial charge in [-0.2, -0.15) is 0 Å². The first-order chi connectivity index (χ1) is 14.8. The van der Waals surface area contributed by atoms with Gasteiger partial charge in [0.15, 0.2) is 5.96 Å². The minimum absolute atomic E-state index is 0. The highest BCUT2D eigenvalue weighted by atomic mass is 127. The maximum Gasteiger partial charge on any atom is 0.253 e. The van der Waals surface area contributed by atoms with Crippen LogP contribution >= 0.6 is 35.6 Å². The molecule has 2 aromatic rings. The van der Waals surface area contributed by atoms with Gasteiger partial charge in [0, 0.05) is 37.8 Å². The van der Waals surface area contributed by atoms with Crippen LogP contribution in [0.15, 0.2) is 53.5 Å². The lowest BCUT2D eigenvalue weighted by molar-refractivity contribution is 0.0827. The zero-order valence-corrected chi connectivity index (χ0v) is 22.6. The van der Waals surface area contributed by atoms with Gasteiger partial charge < -0.3 is 20.4 Å². The summed E-state index contributed by atoms with van der Waals surface area (Å²) in [5, 5.41) is 7.44. The number of guanidine groups is 1. The highest BCUT2D eigenvalue weighted by Gasteiger charge is 2.14. The number of hydrogen-bond donors (Lipinski definition) is 2. The predicted octanol–water partition coefficient (Wildman–Crippen LogP) is 4.06. The maximum atomic E-state index is 12.2. The number of rotatable bonds is 9. The summed E-state index contributed by atoms with van der Waals surface area (Å²) in [4.78, 5) is 20.7. The van der Waals surface area contributed by atoms with Crippen molar-refractivity contribution in [1.82, 2.24) is 20.4 Å². The van der Waals surface area contributed by atoms with Gasteiger partial charge in [0.1, 0.15) is 0 Å². The van der Waals surface area contributed by atoms with E-state index in [1.807, 2.05) is 48.5 Å². The molecule has 0 radical (unpaired) electrons. The molecule has 1 atom stereocenters. The van der Waals surface area contributed by atoms with Crippen LogP contribution in [0.4, 0.5) is 0 Å². The fourth-order valence-corrected chi connectivity index (χ4v) is 3.34. The van der Waals surface area contributed by atoms with Crippen molar-refractivity contribution in [1.29, 1.82) is 0 Å². The van der Waals surface area contributed by atoms with Gasteiger partial charge in [0.05, 0.1) is 12.6 Å². The standard InChI is InChI=1S/C24H34ClN5O.HI/c1-6-26-24(28-17-22(29(2)3)19-10-12-21(25)13-11-19)27-15-14-18-8-7-9-20(16-18)23(31)30(4)5;/h7-13,16,22H,6,14-15,17H2,1-5H3,(H2,26,27,28);1H. The van der Waals surface area contributed by atoms with Crippen molar-refractivity contribution in [3.8, 4) is 0 Å². The molecule has 8 heteroatoms. The topological polar surface area (TPSA) is 60.0 Å². The number of nitrogens with one attached hydrogen (secondary N) is 2. The van der Waals surface area contributed by atoms with Crippen molar-refractivity contribution in [3.05, 3.63) is 70.2 Å². The molecular formula is C24H35ClIN5O. The molecule has 0 saturated carbocycles. The third-order valence-electron chi connectivity index (χ3n) is 4.93. The van der Waals surface area contributed by atoms with E-state index in [0.29, 0.717) is 12.1 Å². The number of aliphatic imine (C=N–C) groups is 1. The van der Waals surface area contributed by atoms with E-state index in [4.69, 9.17) is 16.6 Å². The number of likely N-dealkylation sites (N-methyl/N-ethyl adjacent to an activating group) is 1. The second-order valence-electron chi connectivity index (χ2n) is 7.83. The van der Waals surface area contributed by atoms with E-state index < -0.39 is 0 Å². The third kappa shape index (κ3) is 8.96. The number of carbonyl (C=O) groups excluding carboxylic acids is 1. The van der Waals surface area contributed by atoms with Crippen LogP contribution in [0, 0.1) is 0 Å². The largest absolute Gasteiger partial charge is 0.357 e. The molecule has 0 saturated heterocycles. The Labute approximate surface area is 214 Å². The quantitative estimate of drug-likeness (QED) is 0.271. The maximum absolute atomic E-state index is 12.2. The predicted molar refractivity (Wildman–Crippen MR) is 145 cm³/mol. The van der Waals surface area contributed by atoms with E-state index in [1.54, 1.807) is 19.0 Å². The molecule has 32 heavy (non-hydrogen) atoms. The summed E-state index contributed by atoms with van der Waals surface area (Å²) >= 11 is 6.03.